The van der Waals surface area contributed by atoms with Gasteiger partial charge in [-0.15, -0.1) is 11.8 Å². The smallest absolute Gasteiger partial charge is 0.234 e. The quantitative estimate of drug-likeness (QED) is 0.791. The number of thioether (sulfide) groups is 1. The average Bonchev–Trinajstić information content (AvgIpc) is 2.49. The number of nitrogens with one attached hydrogen (secondary N) is 1. The number of para-hydroxylation sites is 1. The molecule has 0 aromatic heterocycles. The van der Waals surface area contributed by atoms with E-state index in [1.807, 2.05) is 43.3 Å². The molecule has 0 radical (unpaired) electrons. The topological polar surface area (TPSA) is 29.1 Å². The molecule has 0 aliphatic carbocycles. The van der Waals surface area contributed by atoms with E-state index < -0.39 is 0 Å². The Kier molecular flexibility index (Phi) is 5.71. The van der Waals surface area contributed by atoms with Crippen LogP contribution in [-0.2, 0) is 11.2 Å². The number of anilines is 1. The normalized spacial score (nSPS) is 10.4. The molecule has 0 aliphatic rings. The molecule has 0 saturated heterocycles. The summed E-state index contributed by atoms with van der Waals surface area (Å²) < 4.78 is 0. The molecule has 21 heavy (non-hydrogen) atoms. The lowest BCUT2D eigenvalue weighted by atomic mass is 10.1. The summed E-state index contributed by atoms with van der Waals surface area (Å²) in [6.45, 7) is 4.11. The van der Waals surface area contributed by atoms with E-state index in [-0.39, 0.29) is 5.91 Å². The molecule has 2 rings (SSSR count). The Morgan fingerprint density at radius 1 is 1.19 bits per heavy atom. The molecule has 2 aromatic rings. The molecular weight excluding hydrogens is 302 g/mol. The number of hydrogen-bond donors (Lipinski definition) is 1. The molecule has 1 N–H and O–H groups in total. The van der Waals surface area contributed by atoms with Crippen LogP contribution in [0, 0.1) is 6.92 Å². The highest BCUT2D eigenvalue weighted by Gasteiger charge is 2.09. The van der Waals surface area contributed by atoms with E-state index >= 15 is 0 Å². The van der Waals surface area contributed by atoms with Crippen molar-refractivity contribution in [2.45, 2.75) is 25.2 Å². The highest BCUT2D eigenvalue weighted by atomic mass is 35.5. The zero-order chi connectivity index (χ0) is 15.2. The van der Waals surface area contributed by atoms with Crippen molar-refractivity contribution in [1.29, 1.82) is 0 Å². The molecule has 0 unspecified atom stereocenters. The Labute approximate surface area is 134 Å². The molecule has 1 amide bonds. The van der Waals surface area contributed by atoms with E-state index in [4.69, 9.17) is 11.6 Å². The van der Waals surface area contributed by atoms with Crippen LogP contribution in [-0.4, -0.2) is 11.7 Å². The summed E-state index contributed by atoms with van der Waals surface area (Å²) in [6, 6.07) is 13.6. The fourth-order valence-corrected chi connectivity index (χ4v) is 2.88. The van der Waals surface area contributed by atoms with E-state index in [2.05, 4.69) is 18.3 Å². The Morgan fingerprint density at radius 3 is 2.57 bits per heavy atom. The number of halogens is 1. The van der Waals surface area contributed by atoms with Crippen LogP contribution in [0.3, 0.4) is 0 Å². The molecule has 0 saturated carbocycles. The lowest BCUT2D eigenvalue weighted by Crippen LogP contribution is -2.16. The maximum absolute atomic E-state index is 12.1. The van der Waals surface area contributed by atoms with Crippen molar-refractivity contribution in [3.8, 4) is 0 Å². The first-order valence-electron chi connectivity index (χ1n) is 6.87. The molecule has 110 valence electrons. The second-order valence-corrected chi connectivity index (χ2v) is 6.24. The summed E-state index contributed by atoms with van der Waals surface area (Å²) in [5.41, 5.74) is 3.21. The van der Waals surface area contributed by atoms with Crippen LogP contribution in [0.1, 0.15) is 18.1 Å². The summed E-state index contributed by atoms with van der Waals surface area (Å²) >= 11 is 7.35. The zero-order valence-corrected chi connectivity index (χ0v) is 13.7. The molecule has 0 aliphatic heterocycles. The van der Waals surface area contributed by atoms with Crippen LogP contribution in [0.15, 0.2) is 47.4 Å². The summed E-state index contributed by atoms with van der Waals surface area (Å²) in [7, 11) is 0. The molecule has 2 nitrogen and oxygen atoms in total. The number of amides is 1. The molecule has 0 atom stereocenters. The van der Waals surface area contributed by atoms with Gasteiger partial charge in [0.1, 0.15) is 0 Å². The van der Waals surface area contributed by atoms with Gasteiger partial charge in [0.15, 0.2) is 0 Å². The van der Waals surface area contributed by atoms with Gasteiger partial charge in [-0.25, -0.2) is 0 Å². The van der Waals surface area contributed by atoms with Crippen molar-refractivity contribution in [2.75, 3.05) is 11.1 Å². The summed E-state index contributed by atoms with van der Waals surface area (Å²) in [6.07, 6.45) is 0.904. The third-order valence-corrected chi connectivity index (χ3v) is 4.45. The third-order valence-electron chi connectivity index (χ3n) is 3.19. The number of rotatable bonds is 5. The number of benzene rings is 2. The van der Waals surface area contributed by atoms with Crippen LogP contribution in [0.5, 0.6) is 0 Å². The van der Waals surface area contributed by atoms with Gasteiger partial charge in [-0.05, 0) is 48.7 Å². The van der Waals surface area contributed by atoms with Gasteiger partial charge in [0.05, 0.1) is 5.75 Å². The maximum Gasteiger partial charge on any atom is 0.234 e. The summed E-state index contributed by atoms with van der Waals surface area (Å²) in [5.74, 6) is 0.401. The molecule has 2 aromatic carbocycles. The Hall–Kier alpha value is -1.45. The minimum Gasteiger partial charge on any atom is -0.325 e. The van der Waals surface area contributed by atoms with Gasteiger partial charge >= 0.3 is 0 Å². The zero-order valence-electron chi connectivity index (χ0n) is 12.2. The second-order valence-electron chi connectivity index (χ2n) is 4.75. The van der Waals surface area contributed by atoms with Crippen LogP contribution in [0.4, 0.5) is 5.69 Å². The van der Waals surface area contributed by atoms with Crippen LogP contribution >= 0.6 is 23.4 Å². The molecule has 0 bridgehead atoms. The van der Waals surface area contributed by atoms with Gasteiger partial charge in [-0.1, -0.05) is 36.7 Å². The fourth-order valence-electron chi connectivity index (χ4n) is 2.06. The van der Waals surface area contributed by atoms with E-state index in [1.54, 1.807) is 0 Å². The first kappa shape index (κ1) is 15.9. The minimum atomic E-state index is 0.0129. The highest BCUT2D eigenvalue weighted by molar-refractivity contribution is 8.00. The van der Waals surface area contributed by atoms with E-state index in [9.17, 15) is 4.79 Å². The predicted octanol–water partition coefficient (Wildman–Crippen LogP) is 4.94. The standard InChI is InChI=1S/C17H18ClNOS/c1-3-13-6-4-5-12(2)17(13)19-16(20)11-21-15-9-7-14(18)8-10-15/h4-10H,3,11H2,1-2H3,(H,19,20). The minimum absolute atomic E-state index is 0.0129. The lowest BCUT2D eigenvalue weighted by molar-refractivity contribution is -0.113. The van der Waals surface area contributed by atoms with Gasteiger partial charge in [0.2, 0.25) is 5.91 Å². The van der Waals surface area contributed by atoms with E-state index in [0.29, 0.717) is 10.8 Å². The van der Waals surface area contributed by atoms with E-state index in [1.165, 1.54) is 17.3 Å². The highest BCUT2D eigenvalue weighted by Crippen LogP contribution is 2.23. The van der Waals surface area contributed by atoms with E-state index in [0.717, 1.165) is 22.6 Å². The fraction of sp³-hybridized carbons (Fsp3) is 0.235. The molecule has 4 heteroatoms. The lowest BCUT2D eigenvalue weighted by Gasteiger charge is -2.12. The van der Waals surface area contributed by atoms with Gasteiger partial charge < -0.3 is 5.32 Å². The Bertz CT molecular complexity index is 625. The van der Waals surface area contributed by atoms with Crippen LogP contribution < -0.4 is 5.32 Å². The molecule has 0 spiro atoms. The summed E-state index contributed by atoms with van der Waals surface area (Å²) in [4.78, 5) is 13.2. The SMILES string of the molecule is CCc1cccc(C)c1NC(=O)CSc1ccc(Cl)cc1. The van der Waals surface area contributed by atoms with Crippen molar-refractivity contribution in [3.05, 3.63) is 58.6 Å². The van der Waals surface area contributed by atoms with Gasteiger partial charge in [0.25, 0.3) is 0 Å². The molecule has 0 heterocycles. The van der Waals surface area contributed by atoms with Crippen LogP contribution in [0.25, 0.3) is 0 Å². The second kappa shape index (κ2) is 7.53. The van der Waals surface area contributed by atoms with Crippen molar-refractivity contribution in [2.24, 2.45) is 0 Å². The molecule has 0 fully saturated rings. The van der Waals surface area contributed by atoms with Gasteiger partial charge in [0, 0.05) is 15.6 Å². The number of carbonyl (C=O) groups is 1. The van der Waals surface area contributed by atoms with Crippen molar-refractivity contribution in [3.63, 3.8) is 0 Å². The van der Waals surface area contributed by atoms with Gasteiger partial charge in [-0.2, -0.15) is 0 Å². The summed E-state index contributed by atoms with van der Waals surface area (Å²) in [5, 5.41) is 3.73. The van der Waals surface area contributed by atoms with Crippen molar-refractivity contribution < 1.29 is 4.79 Å². The monoisotopic (exact) mass is 319 g/mol. The van der Waals surface area contributed by atoms with Crippen molar-refractivity contribution >= 4 is 35.0 Å². The molecular formula is C17H18ClNOS. The van der Waals surface area contributed by atoms with Crippen molar-refractivity contribution in [1.82, 2.24) is 0 Å². The Morgan fingerprint density at radius 2 is 1.90 bits per heavy atom. The van der Waals surface area contributed by atoms with Crippen LogP contribution in [0.2, 0.25) is 5.02 Å². The predicted molar refractivity (Wildman–Crippen MR) is 91.4 cm³/mol. The largest absolute Gasteiger partial charge is 0.325 e. The van der Waals surface area contributed by atoms with Gasteiger partial charge in [-0.3, -0.25) is 4.79 Å². The number of aryl methyl sites for hydroxylation is 2. The number of hydrogen-bond acceptors (Lipinski definition) is 2. The third kappa shape index (κ3) is 4.51. The number of carbonyl (C=O) groups excluding carboxylic acids is 1. The first-order chi connectivity index (χ1) is 10.1. The maximum atomic E-state index is 12.1. The average molecular weight is 320 g/mol. The first-order valence-corrected chi connectivity index (χ1v) is 8.23. The Balaban J connectivity index is 1.97.